The number of hydrogen-bond acceptors (Lipinski definition) is 1. The van der Waals surface area contributed by atoms with E-state index >= 15 is 0 Å². The quantitative estimate of drug-likeness (QED) is 0.624. The Kier molecular flexibility index (Phi) is 3.92. The fourth-order valence-electron chi connectivity index (χ4n) is 3.38. The summed E-state index contributed by atoms with van der Waals surface area (Å²) in [6.45, 7) is 4.05. The van der Waals surface area contributed by atoms with Gasteiger partial charge in [0.1, 0.15) is 0 Å². The molecule has 0 aliphatic carbocycles. The Hall–Kier alpha value is -2.80. The minimum Gasteiger partial charge on any atom is -0.363 e. The van der Waals surface area contributed by atoms with Crippen molar-refractivity contribution in [1.82, 2.24) is 0 Å². The molecule has 0 N–H and O–H groups in total. The molecule has 1 aliphatic rings. The zero-order valence-electron chi connectivity index (χ0n) is 13.9. The second-order valence-corrected chi connectivity index (χ2v) is 6.38. The first-order chi connectivity index (χ1) is 11.8. The third kappa shape index (κ3) is 2.85. The lowest BCUT2D eigenvalue weighted by Gasteiger charge is -2.19. The molecule has 0 bridgehead atoms. The minimum atomic E-state index is 0.956. The summed E-state index contributed by atoms with van der Waals surface area (Å²) in [6, 6.07) is 30.4. The predicted octanol–water partition coefficient (Wildman–Crippen LogP) is 5.43. The number of hydrogen-bond donors (Lipinski definition) is 0. The van der Waals surface area contributed by atoms with Gasteiger partial charge in [-0.3, -0.25) is 0 Å². The molecule has 0 amide bonds. The second-order valence-electron chi connectivity index (χ2n) is 6.38. The summed E-state index contributed by atoms with van der Waals surface area (Å²) in [5.74, 6) is 0. The molecule has 1 nitrogen and oxygen atoms in total. The Morgan fingerprint density at radius 2 is 1.04 bits per heavy atom. The van der Waals surface area contributed by atoms with E-state index in [1.807, 2.05) is 0 Å². The molecule has 0 saturated carbocycles. The Bertz CT molecular complexity index is 794. The Balaban J connectivity index is 1.74. The SMILES string of the molecule is Cc1ccc(N2CC(c3ccccc3)=C(c3ccccc3)C2)cc1. The maximum atomic E-state index is 2.46. The molecule has 0 atom stereocenters. The van der Waals surface area contributed by atoms with Crippen LogP contribution in [-0.2, 0) is 0 Å². The van der Waals surface area contributed by atoms with Crippen molar-refractivity contribution in [1.29, 1.82) is 0 Å². The number of benzene rings is 3. The predicted molar refractivity (Wildman–Crippen MR) is 103 cm³/mol. The van der Waals surface area contributed by atoms with E-state index in [0.717, 1.165) is 13.1 Å². The Morgan fingerprint density at radius 3 is 1.50 bits per heavy atom. The van der Waals surface area contributed by atoms with Crippen molar-refractivity contribution in [2.45, 2.75) is 6.92 Å². The van der Waals surface area contributed by atoms with E-state index in [2.05, 4.69) is 96.8 Å². The number of anilines is 1. The van der Waals surface area contributed by atoms with Crippen molar-refractivity contribution in [3.8, 4) is 0 Å². The van der Waals surface area contributed by atoms with Crippen molar-refractivity contribution >= 4 is 16.8 Å². The van der Waals surface area contributed by atoms with Gasteiger partial charge in [-0.25, -0.2) is 0 Å². The summed E-state index contributed by atoms with van der Waals surface area (Å²) in [7, 11) is 0. The van der Waals surface area contributed by atoms with Crippen LogP contribution in [0, 0.1) is 6.92 Å². The molecule has 1 aliphatic heterocycles. The van der Waals surface area contributed by atoms with Crippen LogP contribution in [0.5, 0.6) is 0 Å². The molecule has 0 fully saturated rings. The van der Waals surface area contributed by atoms with Crippen LogP contribution in [0.2, 0.25) is 0 Å². The van der Waals surface area contributed by atoms with Crippen LogP contribution < -0.4 is 4.90 Å². The van der Waals surface area contributed by atoms with Gasteiger partial charge in [0.15, 0.2) is 0 Å². The number of aryl methyl sites for hydroxylation is 1. The second kappa shape index (κ2) is 6.37. The van der Waals surface area contributed by atoms with Gasteiger partial charge in [-0.1, -0.05) is 78.4 Å². The molecule has 0 saturated heterocycles. The minimum absolute atomic E-state index is 0.956. The van der Waals surface area contributed by atoms with Crippen LogP contribution >= 0.6 is 0 Å². The lowest BCUT2D eigenvalue weighted by Crippen LogP contribution is -2.20. The lowest BCUT2D eigenvalue weighted by molar-refractivity contribution is 1.02. The molecule has 24 heavy (non-hydrogen) atoms. The van der Waals surface area contributed by atoms with Gasteiger partial charge in [0.05, 0.1) is 0 Å². The summed E-state index contributed by atoms with van der Waals surface area (Å²) in [4.78, 5) is 2.46. The van der Waals surface area contributed by atoms with Crippen molar-refractivity contribution in [2.75, 3.05) is 18.0 Å². The van der Waals surface area contributed by atoms with Crippen LogP contribution in [-0.4, -0.2) is 13.1 Å². The van der Waals surface area contributed by atoms with Crippen molar-refractivity contribution < 1.29 is 0 Å². The summed E-state index contributed by atoms with van der Waals surface area (Å²) in [5.41, 5.74) is 8.11. The summed E-state index contributed by atoms with van der Waals surface area (Å²) >= 11 is 0. The zero-order chi connectivity index (χ0) is 16.4. The topological polar surface area (TPSA) is 3.24 Å². The Morgan fingerprint density at radius 1 is 0.583 bits per heavy atom. The van der Waals surface area contributed by atoms with E-state index in [0.29, 0.717) is 0 Å². The van der Waals surface area contributed by atoms with Gasteiger partial charge >= 0.3 is 0 Å². The molecule has 0 aromatic heterocycles. The molecule has 1 heteroatoms. The monoisotopic (exact) mass is 311 g/mol. The van der Waals surface area contributed by atoms with Crippen LogP contribution in [0.3, 0.4) is 0 Å². The fourth-order valence-corrected chi connectivity index (χ4v) is 3.38. The molecule has 0 spiro atoms. The molecular weight excluding hydrogens is 290 g/mol. The van der Waals surface area contributed by atoms with Gasteiger partial charge in [0.2, 0.25) is 0 Å². The standard InChI is InChI=1S/C23H21N/c1-18-12-14-21(15-13-18)24-16-22(19-8-4-2-5-9-19)23(17-24)20-10-6-3-7-11-20/h2-15H,16-17H2,1H3. The van der Waals surface area contributed by atoms with E-state index in [-0.39, 0.29) is 0 Å². The van der Waals surface area contributed by atoms with Crippen LogP contribution in [0.25, 0.3) is 11.1 Å². The summed E-state index contributed by atoms with van der Waals surface area (Å²) in [6.07, 6.45) is 0. The van der Waals surface area contributed by atoms with E-state index in [4.69, 9.17) is 0 Å². The van der Waals surface area contributed by atoms with Crippen LogP contribution in [0.15, 0.2) is 84.9 Å². The average Bonchev–Trinajstić information content (AvgIpc) is 3.09. The van der Waals surface area contributed by atoms with Gasteiger partial charge in [-0.15, -0.1) is 0 Å². The molecule has 1 heterocycles. The molecule has 118 valence electrons. The number of rotatable bonds is 3. The third-order valence-corrected chi connectivity index (χ3v) is 4.71. The zero-order valence-corrected chi connectivity index (χ0v) is 13.9. The van der Waals surface area contributed by atoms with Gasteiger partial charge in [-0.05, 0) is 41.3 Å². The van der Waals surface area contributed by atoms with Crippen molar-refractivity contribution in [3.63, 3.8) is 0 Å². The highest BCUT2D eigenvalue weighted by Gasteiger charge is 2.24. The fraction of sp³-hybridized carbons (Fsp3) is 0.130. The molecule has 3 aromatic carbocycles. The summed E-state index contributed by atoms with van der Waals surface area (Å²) in [5, 5.41) is 0. The number of nitrogens with zero attached hydrogens (tertiary/aromatic N) is 1. The first kappa shape index (κ1) is 14.8. The maximum Gasteiger partial charge on any atom is 0.0442 e. The van der Waals surface area contributed by atoms with E-state index in [9.17, 15) is 0 Å². The molecule has 0 unspecified atom stereocenters. The molecule has 0 radical (unpaired) electrons. The molecule has 3 aromatic rings. The maximum absolute atomic E-state index is 2.46. The van der Waals surface area contributed by atoms with E-state index in [1.165, 1.54) is 33.5 Å². The van der Waals surface area contributed by atoms with Crippen LogP contribution in [0.4, 0.5) is 5.69 Å². The van der Waals surface area contributed by atoms with E-state index < -0.39 is 0 Å². The highest BCUT2D eigenvalue weighted by molar-refractivity contribution is 5.97. The molecule has 4 rings (SSSR count). The smallest absolute Gasteiger partial charge is 0.0442 e. The normalized spacial score (nSPS) is 14.3. The highest BCUT2D eigenvalue weighted by Crippen LogP contribution is 2.35. The van der Waals surface area contributed by atoms with Crippen molar-refractivity contribution in [3.05, 3.63) is 102 Å². The largest absolute Gasteiger partial charge is 0.363 e. The Labute approximate surface area is 143 Å². The first-order valence-electron chi connectivity index (χ1n) is 8.46. The highest BCUT2D eigenvalue weighted by atomic mass is 15.1. The molecular formula is C23H21N. The third-order valence-electron chi connectivity index (χ3n) is 4.71. The van der Waals surface area contributed by atoms with Gasteiger partial charge in [-0.2, -0.15) is 0 Å². The summed E-state index contributed by atoms with van der Waals surface area (Å²) < 4.78 is 0. The van der Waals surface area contributed by atoms with Crippen LogP contribution in [0.1, 0.15) is 16.7 Å². The van der Waals surface area contributed by atoms with Crippen molar-refractivity contribution in [2.24, 2.45) is 0 Å². The van der Waals surface area contributed by atoms with E-state index in [1.54, 1.807) is 0 Å². The first-order valence-corrected chi connectivity index (χ1v) is 8.46. The van der Waals surface area contributed by atoms with Gasteiger partial charge in [0, 0.05) is 18.8 Å². The van der Waals surface area contributed by atoms with Gasteiger partial charge < -0.3 is 4.90 Å². The van der Waals surface area contributed by atoms with Gasteiger partial charge in [0.25, 0.3) is 0 Å². The average molecular weight is 311 g/mol. The lowest BCUT2D eigenvalue weighted by atomic mass is 9.97.